The number of rotatable bonds is 2. The van der Waals surface area contributed by atoms with Gasteiger partial charge in [0.05, 0.1) is 25.1 Å². The molecule has 104 valence electrons. The van der Waals surface area contributed by atoms with E-state index in [1.165, 1.54) is 6.34 Å². The van der Waals surface area contributed by atoms with Gasteiger partial charge in [0, 0.05) is 18.2 Å². The number of aliphatic hydroxyl groups excluding tert-OH is 2. The number of carbonyl (C=O) groups is 1. The lowest BCUT2D eigenvalue weighted by atomic mass is 9.88. The van der Waals surface area contributed by atoms with Crippen molar-refractivity contribution in [1.82, 2.24) is 16.0 Å². The standard InChI is InChI=1S/C12H18N4O3/c1-5-8(16-7(3-17)11(5)18)6-2-13-10-9(6)14-4-15-12(10)19/h2,4-5,7-11,13,16-18H,3H2,1H3,(H,14,15,19)/t5-,7+,8+,9?,10?,11-/m0/s1. The molecular weight excluding hydrogens is 248 g/mol. The van der Waals surface area contributed by atoms with E-state index in [2.05, 4.69) is 20.9 Å². The topological polar surface area (TPSA) is 106 Å². The zero-order valence-electron chi connectivity index (χ0n) is 10.6. The predicted octanol–water partition coefficient (Wildman–Crippen LogP) is -2.30. The first-order valence-corrected chi connectivity index (χ1v) is 6.46. The molecule has 0 aromatic heterocycles. The number of hydrogen-bond acceptors (Lipinski definition) is 6. The van der Waals surface area contributed by atoms with Gasteiger partial charge in [0.1, 0.15) is 12.1 Å². The van der Waals surface area contributed by atoms with Crippen LogP contribution in [0.5, 0.6) is 0 Å². The molecule has 1 saturated heterocycles. The van der Waals surface area contributed by atoms with E-state index in [1.54, 1.807) is 6.20 Å². The normalized spacial score (nSPS) is 44.6. The summed E-state index contributed by atoms with van der Waals surface area (Å²) in [6.07, 6.45) is 2.62. The lowest BCUT2D eigenvalue weighted by Gasteiger charge is -2.26. The second-order valence-electron chi connectivity index (χ2n) is 5.30. The maximum absolute atomic E-state index is 11.7. The summed E-state index contributed by atoms with van der Waals surface area (Å²) in [6.45, 7) is 1.82. The lowest BCUT2D eigenvalue weighted by molar-refractivity contribution is -0.121. The van der Waals surface area contributed by atoms with Gasteiger partial charge in [-0.25, -0.2) is 0 Å². The lowest BCUT2D eigenvalue weighted by Crippen LogP contribution is -2.50. The Labute approximate surface area is 110 Å². The molecule has 3 rings (SSSR count). The average molecular weight is 266 g/mol. The van der Waals surface area contributed by atoms with Crippen LogP contribution < -0.4 is 16.0 Å². The number of amides is 1. The van der Waals surface area contributed by atoms with Crippen molar-refractivity contribution in [3.05, 3.63) is 11.8 Å². The molecule has 1 amide bonds. The highest BCUT2D eigenvalue weighted by molar-refractivity contribution is 5.95. The second-order valence-corrected chi connectivity index (χ2v) is 5.30. The Morgan fingerprint density at radius 1 is 1.42 bits per heavy atom. The van der Waals surface area contributed by atoms with Gasteiger partial charge < -0.3 is 26.2 Å². The van der Waals surface area contributed by atoms with Crippen LogP contribution in [0.4, 0.5) is 0 Å². The first-order valence-electron chi connectivity index (χ1n) is 6.46. The summed E-state index contributed by atoms with van der Waals surface area (Å²) in [7, 11) is 0. The Balaban J connectivity index is 1.82. The van der Waals surface area contributed by atoms with Gasteiger partial charge in [0.2, 0.25) is 5.91 Å². The van der Waals surface area contributed by atoms with E-state index < -0.39 is 6.10 Å². The minimum Gasteiger partial charge on any atom is -0.395 e. The zero-order chi connectivity index (χ0) is 13.6. The van der Waals surface area contributed by atoms with Crippen LogP contribution in [0.2, 0.25) is 0 Å². The van der Waals surface area contributed by atoms with Gasteiger partial charge in [-0.3, -0.25) is 9.79 Å². The number of nitrogens with one attached hydrogen (secondary N) is 3. The van der Waals surface area contributed by atoms with Gasteiger partial charge in [0.15, 0.2) is 0 Å². The number of aliphatic hydroxyl groups is 2. The molecule has 1 fully saturated rings. The summed E-state index contributed by atoms with van der Waals surface area (Å²) in [5.41, 5.74) is 0.957. The molecule has 6 atom stereocenters. The largest absolute Gasteiger partial charge is 0.395 e. The Kier molecular flexibility index (Phi) is 3.04. The predicted molar refractivity (Wildman–Crippen MR) is 68.4 cm³/mol. The van der Waals surface area contributed by atoms with Crippen molar-refractivity contribution in [2.75, 3.05) is 6.61 Å². The first kappa shape index (κ1) is 12.6. The summed E-state index contributed by atoms with van der Waals surface area (Å²) < 4.78 is 0. The van der Waals surface area contributed by atoms with Crippen LogP contribution in [0.1, 0.15) is 6.92 Å². The molecule has 0 aromatic carbocycles. The number of nitrogens with zero attached hydrogens (tertiary/aromatic N) is 1. The molecule has 19 heavy (non-hydrogen) atoms. The van der Waals surface area contributed by atoms with Crippen molar-refractivity contribution in [1.29, 1.82) is 0 Å². The second kappa shape index (κ2) is 4.59. The molecule has 7 heteroatoms. The molecule has 0 spiro atoms. The van der Waals surface area contributed by atoms with Gasteiger partial charge >= 0.3 is 0 Å². The van der Waals surface area contributed by atoms with Crippen LogP contribution in [-0.2, 0) is 4.79 Å². The van der Waals surface area contributed by atoms with Crippen LogP contribution >= 0.6 is 0 Å². The Morgan fingerprint density at radius 3 is 2.89 bits per heavy atom. The van der Waals surface area contributed by atoms with E-state index in [0.717, 1.165) is 5.57 Å². The zero-order valence-corrected chi connectivity index (χ0v) is 10.6. The Bertz CT molecular complexity index is 450. The number of fused-ring (bicyclic) bond motifs is 1. The van der Waals surface area contributed by atoms with E-state index in [-0.39, 0.29) is 42.6 Å². The van der Waals surface area contributed by atoms with Crippen LogP contribution in [0.3, 0.4) is 0 Å². The van der Waals surface area contributed by atoms with Gasteiger partial charge in [-0.1, -0.05) is 6.92 Å². The average Bonchev–Trinajstić information content (AvgIpc) is 2.94. The van der Waals surface area contributed by atoms with Crippen LogP contribution in [0.25, 0.3) is 0 Å². The summed E-state index contributed by atoms with van der Waals surface area (Å²) in [5, 5.41) is 28.1. The Hall–Kier alpha value is -1.44. The van der Waals surface area contributed by atoms with E-state index in [9.17, 15) is 15.0 Å². The Morgan fingerprint density at radius 2 is 2.21 bits per heavy atom. The number of aliphatic imine (C=N–C) groups is 1. The van der Waals surface area contributed by atoms with Crippen molar-refractivity contribution in [3.8, 4) is 0 Å². The minimum atomic E-state index is -0.601. The molecule has 0 bridgehead atoms. The van der Waals surface area contributed by atoms with Gasteiger partial charge in [0.25, 0.3) is 0 Å². The van der Waals surface area contributed by atoms with E-state index in [4.69, 9.17) is 0 Å². The SMILES string of the molecule is C[C@@H]1[C@H](O)[C@@H](CO)N[C@H]1C1=CNC2C(=O)NC=NC12. The fraction of sp³-hybridized carbons (Fsp3) is 0.667. The number of hydrogen-bond donors (Lipinski definition) is 5. The molecule has 0 radical (unpaired) electrons. The molecule has 3 aliphatic heterocycles. The van der Waals surface area contributed by atoms with Gasteiger partial charge in [-0.15, -0.1) is 0 Å². The van der Waals surface area contributed by atoms with Crippen LogP contribution in [0.15, 0.2) is 16.8 Å². The van der Waals surface area contributed by atoms with Crippen LogP contribution in [-0.4, -0.2) is 59.3 Å². The molecule has 3 heterocycles. The van der Waals surface area contributed by atoms with E-state index in [0.29, 0.717) is 0 Å². The van der Waals surface area contributed by atoms with Crippen molar-refractivity contribution < 1.29 is 15.0 Å². The maximum atomic E-state index is 11.7. The minimum absolute atomic E-state index is 0.0378. The highest BCUT2D eigenvalue weighted by atomic mass is 16.3. The first-order chi connectivity index (χ1) is 9.13. The summed E-state index contributed by atoms with van der Waals surface area (Å²) in [4.78, 5) is 16.0. The third-order valence-electron chi connectivity index (χ3n) is 4.24. The summed E-state index contributed by atoms with van der Waals surface area (Å²) >= 11 is 0. The molecule has 7 nitrogen and oxygen atoms in total. The highest BCUT2D eigenvalue weighted by Crippen LogP contribution is 2.31. The molecule has 3 aliphatic rings. The third kappa shape index (κ3) is 1.85. The van der Waals surface area contributed by atoms with Crippen molar-refractivity contribution in [3.63, 3.8) is 0 Å². The molecule has 0 aromatic rings. The van der Waals surface area contributed by atoms with Crippen molar-refractivity contribution >= 4 is 12.2 Å². The van der Waals surface area contributed by atoms with Gasteiger partial charge in [-0.05, 0) is 5.57 Å². The molecular formula is C12H18N4O3. The smallest absolute Gasteiger partial charge is 0.250 e. The van der Waals surface area contributed by atoms with Crippen LogP contribution in [0, 0.1) is 5.92 Å². The number of carbonyl (C=O) groups excluding carboxylic acids is 1. The van der Waals surface area contributed by atoms with E-state index in [1.807, 2.05) is 6.92 Å². The summed E-state index contributed by atoms with van der Waals surface area (Å²) in [6, 6.07) is -1.03. The molecule has 2 unspecified atom stereocenters. The highest BCUT2D eigenvalue weighted by Gasteiger charge is 2.46. The quantitative estimate of drug-likeness (QED) is 0.386. The van der Waals surface area contributed by atoms with Crippen molar-refractivity contribution in [2.24, 2.45) is 10.9 Å². The summed E-state index contributed by atoms with van der Waals surface area (Å²) in [5.74, 6) is -0.139. The fourth-order valence-electron chi connectivity index (χ4n) is 3.10. The van der Waals surface area contributed by atoms with Gasteiger partial charge in [-0.2, -0.15) is 0 Å². The fourth-order valence-corrected chi connectivity index (χ4v) is 3.10. The maximum Gasteiger partial charge on any atom is 0.250 e. The molecule has 0 saturated carbocycles. The third-order valence-corrected chi connectivity index (χ3v) is 4.24. The molecule has 5 N–H and O–H groups in total. The van der Waals surface area contributed by atoms with Crippen molar-refractivity contribution in [2.45, 2.75) is 37.2 Å². The molecule has 0 aliphatic carbocycles. The van der Waals surface area contributed by atoms with E-state index >= 15 is 0 Å². The monoisotopic (exact) mass is 266 g/mol.